The molecular formula is C4Cl5NS. The van der Waals surface area contributed by atoms with Gasteiger partial charge < -0.3 is 0 Å². The van der Waals surface area contributed by atoms with Gasteiger partial charge in [0.25, 0.3) is 0 Å². The number of thiazole rings is 1. The highest BCUT2D eigenvalue weighted by Crippen LogP contribution is 2.44. The molecule has 1 rings (SSSR count). The van der Waals surface area contributed by atoms with Crippen molar-refractivity contribution >= 4 is 69.3 Å². The van der Waals surface area contributed by atoms with Crippen LogP contribution in [0.25, 0.3) is 0 Å². The molecule has 0 aliphatic rings. The molecule has 0 radical (unpaired) electrons. The van der Waals surface area contributed by atoms with Crippen LogP contribution in [0.4, 0.5) is 0 Å². The van der Waals surface area contributed by atoms with E-state index < -0.39 is 3.79 Å². The molecule has 0 aromatic carbocycles. The van der Waals surface area contributed by atoms with Crippen LogP contribution in [0.15, 0.2) is 0 Å². The molecule has 11 heavy (non-hydrogen) atoms. The van der Waals surface area contributed by atoms with Gasteiger partial charge in [-0.15, -0.1) is 0 Å². The number of nitrogens with zero attached hydrogens (tertiary/aromatic N) is 1. The van der Waals surface area contributed by atoms with E-state index in [0.29, 0.717) is 4.34 Å². The lowest BCUT2D eigenvalue weighted by Gasteiger charge is -2.05. The van der Waals surface area contributed by atoms with Crippen LogP contribution in [-0.2, 0) is 3.79 Å². The van der Waals surface area contributed by atoms with Gasteiger partial charge in [0.15, 0.2) is 4.47 Å². The van der Waals surface area contributed by atoms with Gasteiger partial charge in [0.2, 0.25) is 3.79 Å². The lowest BCUT2D eigenvalue weighted by atomic mass is 10.6. The smallest absolute Gasteiger partial charge is 0.224 e. The van der Waals surface area contributed by atoms with Crippen molar-refractivity contribution in [2.45, 2.75) is 3.79 Å². The maximum absolute atomic E-state index is 5.65. The van der Waals surface area contributed by atoms with Crippen molar-refractivity contribution in [3.8, 4) is 0 Å². The maximum atomic E-state index is 5.65. The fourth-order valence-corrected chi connectivity index (χ4v) is 2.59. The molecule has 1 nitrogen and oxygen atoms in total. The van der Waals surface area contributed by atoms with Crippen LogP contribution in [-0.4, -0.2) is 4.98 Å². The van der Waals surface area contributed by atoms with E-state index in [-0.39, 0.29) is 10.2 Å². The number of hydrogen-bond acceptors (Lipinski definition) is 2. The lowest BCUT2D eigenvalue weighted by Crippen LogP contribution is -2.00. The van der Waals surface area contributed by atoms with E-state index in [1.54, 1.807) is 0 Å². The lowest BCUT2D eigenvalue weighted by molar-refractivity contribution is 1.13. The van der Waals surface area contributed by atoms with Crippen molar-refractivity contribution in [2.75, 3.05) is 0 Å². The molecular weight excluding hydrogens is 271 g/mol. The van der Waals surface area contributed by atoms with E-state index in [4.69, 9.17) is 58.0 Å². The van der Waals surface area contributed by atoms with E-state index in [2.05, 4.69) is 4.98 Å². The van der Waals surface area contributed by atoms with Gasteiger partial charge in [-0.3, -0.25) is 0 Å². The van der Waals surface area contributed by atoms with E-state index in [1.165, 1.54) is 0 Å². The second kappa shape index (κ2) is 3.44. The summed E-state index contributed by atoms with van der Waals surface area (Å²) in [5.74, 6) is 0. The molecule has 0 saturated heterocycles. The zero-order valence-corrected chi connectivity index (χ0v) is 9.34. The zero-order valence-electron chi connectivity index (χ0n) is 4.75. The van der Waals surface area contributed by atoms with Crippen LogP contribution < -0.4 is 0 Å². The largest absolute Gasteiger partial charge is 0.234 e. The Labute approximate surface area is 92.2 Å². The van der Waals surface area contributed by atoms with Gasteiger partial charge >= 0.3 is 0 Å². The molecule has 0 N–H and O–H groups in total. The molecule has 0 saturated carbocycles. The van der Waals surface area contributed by atoms with Crippen LogP contribution in [0.5, 0.6) is 0 Å². The normalized spacial score (nSPS) is 12.1. The summed E-state index contributed by atoms with van der Waals surface area (Å²) in [5.41, 5.74) is 0.180. The summed E-state index contributed by atoms with van der Waals surface area (Å²) in [6, 6.07) is 0. The molecule has 0 unspecified atom stereocenters. The van der Waals surface area contributed by atoms with Crippen LogP contribution >= 0.6 is 69.3 Å². The Morgan fingerprint density at radius 2 is 1.73 bits per heavy atom. The third kappa shape index (κ3) is 2.51. The van der Waals surface area contributed by atoms with Crippen LogP contribution in [0.2, 0.25) is 8.80 Å². The highest BCUT2D eigenvalue weighted by molar-refractivity contribution is 7.19. The minimum Gasteiger partial charge on any atom is -0.224 e. The summed E-state index contributed by atoms with van der Waals surface area (Å²) in [4.78, 5) is 3.74. The quantitative estimate of drug-likeness (QED) is 0.642. The average molecular weight is 271 g/mol. The Kier molecular flexibility index (Phi) is 3.18. The van der Waals surface area contributed by atoms with Gasteiger partial charge in [0.05, 0.1) is 0 Å². The first-order chi connectivity index (χ1) is 4.91. The highest BCUT2D eigenvalue weighted by atomic mass is 35.6. The third-order valence-corrected chi connectivity index (χ3v) is 2.72. The highest BCUT2D eigenvalue weighted by Gasteiger charge is 2.29. The Bertz CT molecular complexity index is 264. The maximum Gasteiger partial charge on any atom is 0.234 e. The van der Waals surface area contributed by atoms with Crippen LogP contribution in [0, 0.1) is 0 Å². The fraction of sp³-hybridized carbons (Fsp3) is 0.250. The van der Waals surface area contributed by atoms with Crippen LogP contribution in [0.1, 0.15) is 5.69 Å². The minimum absolute atomic E-state index is 0.180. The van der Waals surface area contributed by atoms with E-state index in [0.717, 1.165) is 11.3 Å². The molecule has 0 amide bonds. The van der Waals surface area contributed by atoms with Gasteiger partial charge in [-0.2, -0.15) is 0 Å². The second-order valence-electron chi connectivity index (χ2n) is 1.59. The van der Waals surface area contributed by atoms with Crippen molar-refractivity contribution in [2.24, 2.45) is 0 Å². The van der Waals surface area contributed by atoms with Crippen LogP contribution in [0.3, 0.4) is 0 Å². The Morgan fingerprint density at radius 1 is 1.18 bits per heavy atom. The van der Waals surface area contributed by atoms with Crippen molar-refractivity contribution in [1.29, 1.82) is 0 Å². The molecule has 0 bridgehead atoms. The number of aromatic nitrogens is 1. The van der Waals surface area contributed by atoms with Crippen molar-refractivity contribution in [3.05, 3.63) is 14.5 Å². The Morgan fingerprint density at radius 3 is 1.91 bits per heavy atom. The zero-order chi connectivity index (χ0) is 8.65. The Hall–Kier alpha value is 1.08. The topological polar surface area (TPSA) is 12.9 Å². The molecule has 0 aliphatic carbocycles. The summed E-state index contributed by atoms with van der Waals surface area (Å²) in [7, 11) is 0. The molecule has 1 aromatic rings. The number of hydrogen-bond donors (Lipinski definition) is 0. The first kappa shape index (κ1) is 10.2. The predicted octanol–water partition coefficient (Wildman–Crippen LogP) is 4.28. The molecule has 0 fully saturated rings. The standard InChI is InChI=1S/C4Cl5NS/c5-2-1(4(7,8)9)10-3(6)11-2. The van der Waals surface area contributed by atoms with Gasteiger partial charge in [-0.1, -0.05) is 69.3 Å². The van der Waals surface area contributed by atoms with Crippen molar-refractivity contribution < 1.29 is 0 Å². The summed E-state index contributed by atoms with van der Waals surface area (Å²) >= 11 is 28.8. The molecule has 1 aromatic heterocycles. The summed E-state index contributed by atoms with van der Waals surface area (Å²) in [6.45, 7) is 0. The number of halogens is 5. The van der Waals surface area contributed by atoms with Gasteiger partial charge in [-0.25, -0.2) is 4.98 Å². The van der Waals surface area contributed by atoms with Gasteiger partial charge in [-0.05, 0) is 0 Å². The number of alkyl halides is 3. The molecule has 1 heterocycles. The first-order valence-electron chi connectivity index (χ1n) is 2.30. The summed E-state index contributed by atoms with van der Waals surface area (Å²) < 4.78 is -1.04. The first-order valence-corrected chi connectivity index (χ1v) is 5.01. The molecule has 0 spiro atoms. The van der Waals surface area contributed by atoms with E-state index in [1.807, 2.05) is 0 Å². The monoisotopic (exact) mass is 269 g/mol. The number of rotatable bonds is 0. The SMILES string of the molecule is Clc1nc(C(Cl)(Cl)Cl)c(Cl)s1. The summed E-state index contributed by atoms with van der Waals surface area (Å²) in [5, 5.41) is 0. The van der Waals surface area contributed by atoms with E-state index >= 15 is 0 Å². The minimum atomic E-state index is -1.60. The third-order valence-electron chi connectivity index (χ3n) is 0.828. The molecule has 0 atom stereocenters. The predicted molar refractivity (Wildman–Crippen MR) is 51.4 cm³/mol. The van der Waals surface area contributed by atoms with E-state index in [9.17, 15) is 0 Å². The second-order valence-corrected chi connectivity index (χ2v) is 6.05. The average Bonchev–Trinajstić information content (AvgIpc) is 2.08. The molecule has 7 heteroatoms. The van der Waals surface area contributed by atoms with Gasteiger partial charge in [0, 0.05) is 0 Å². The Balaban J connectivity index is 3.13. The fourth-order valence-electron chi connectivity index (χ4n) is 0.452. The van der Waals surface area contributed by atoms with Crippen molar-refractivity contribution in [1.82, 2.24) is 4.98 Å². The molecule has 0 aliphatic heterocycles. The van der Waals surface area contributed by atoms with Gasteiger partial charge in [0.1, 0.15) is 10.0 Å². The summed E-state index contributed by atoms with van der Waals surface area (Å²) in [6.07, 6.45) is 0. The van der Waals surface area contributed by atoms with Crippen molar-refractivity contribution in [3.63, 3.8) is 0 Å². The molecule has 62 valence electrons.